The fraction of sp³-hybridized carbons (Fsp3) is 0.312. The number of nitrogens with zero attached hydrogens (tertiary/aromatic N) is 1. The van der Waals surface area contributed by atoms with Crippen LogP contribution in [0.15, 0.2) is 40.9 Å². The summed E-state index contributed by atoms with van der Waals surface area (Å²) in [5.41, 5.74) is 0.872. The van der Waals surface area contributed by atoms with Gasteiger partial charge in [-0.25, -0.2) is 4.79 Å². The molecule has 2 rings (SSSR count). The van der Waals surface area contributed by atoms with Gasteiger partial charge in [-0.15, -0.1) is 0 Å². The van der Waals surface area contributed by atoms with Crippen molar-refractivity contribution in [2.24, 2.45) is 0 Å². The molecule has 0 saturated heterocycles. The van der Waals surface area contributed by atoms with E-state index in [9.17, 15) is 9.59 Å². The molecule has 0 aliphatic heterocycles. The van der Waals surface area contributed by atoms with Gasteiger partial charge in [-0.3, -0.25) is 4.79 Å². The van der Waals surface area contributed by atoms with Crippen LogP contribution >= 0.6 is 0 Å². The van der Waals surface area contributed by atoms with Crippen LogP contribution in [0.1, 0.15) is 36.7 Å². The number of carboxylic acid groups (broad SMARTS) is 1. The zero-order valence-corrected chi connectivity index (χ0v) is 12.3. The number of carbonyl (C=O) groups excluding carboxylic acids is 1. The molecule has 0 bridgehead atoms. The molecule has 0 saturated carbocycles. The molecule has 2 N–H and O–H groups in total. The van der Waals surface area contributed by atoms with Gasteiger partial charge in [-0.05, 0) is 6.42 Å². The second-order valence-corrected chi connectivity index (χ2v) is 4.95. The van der Waals surface area contributed by atoms with E-state index in [1.165, 1.54) is 6.07 Å². The molecule has 6 heteroatoms. The van der Waals surface area contributed by atoms with E-state index in [1.54, 1.807) is 0 Å². The smallest absolute Gasteiger partial charge is 0.326 e. The van der Waals surface area contributed by atoms with E-state index in [4.69, 9.17) is 9.63 Å². The minimum atomic E-state index is -1.05. The number of hydrogen-bond acceptors (Lipinski definition) is 4. The predicted molar refractivity (Wildman–Crippen MR) is 80.4 cm³/mol. The number of rotatable bonds is 7. The van der Waals surface area contributed by atoms with Crippen molar-refractivity contribution >= 4 is 11.9 Å². The lowest BCUT2D eigenvalue weighted by Gasteiger charge is -2.12. The van der Waals surface area contributed by atoms with Crippen LogP contribution in [0.4, 0.5) is 0 Å². The molecule has 0 radical (unpaired) electrons. The molecule has 1 amide bonds. The lowest BCUT2D eigenvalue weighted by atomic mass is 10.1. The van der Waals surface area contributed by atoms with Gasteiger partial charge in [0.2, 0.25) is 0 Å². The maximum absolute atomic E-state index is 12.1. The van der Waals surface area contributed by atoms with Gasteiger partial charge < -0.3 is 14.9 Å². The first-order chi connectivity index (χ1) is 10.6. The highest BCUT2D eigenvalue weighted by Gasteiger charge is 2.22. The van der Waals surface area contributed by atoms with Crippen LogP contribution in [0, 0.1) is 0 Å². The number of carbonyl (C=O) groups is 2. The van der Waals surface area contributed by atoms with Gasteiger partial charge in [-0.2, -0.15) is 0 Å². The van der Waals surface area contributed by atoms with Gasteiger partial charge in [-0.1, -0.05) is 55.3 Å². The largest absolute Gasteiger partial charge is 0.480 e. The lowest BCUT2D eigenvalue weighted by molar-refractivity contribution is -0.139. The maximum Gasteiger partial charge on any atom is 0.326 e. The number of nitrogens with one attached hydrogen (secondary N) is 1. The number of carboxylic acids is 1. The van der Waals surface area contributed by atoms with Crippen molar-refractivity contribution in [1.82, 2.24) is 10.5 Å². The monoisotopic (exact) mass is 302 g/mol. The first kappa shape index (κ1) is 15.8. The lowest BCUT2D eigenvalue weighted by Crippen LogP contribution is -2.40. The van der Waals surface area contributed by atoms with Gasteiger partial charge in [0.25, 0.3) is 5.91 Å². The van der Waals surface area contributed by atoms with E-state index in [0.29, 0.717) is 12.2 Å². The molecule has 0 aliphatic rings. The molecule has 1 atom stereocenters. The maximum atomic E-state index is 12.1. The van der Waals surface area contributed by atoms with Crippen LogP contribution in [0.25, 0.3) is 11.3 Å². The van der Waals surface area contributed by atoms with Crippen molar-refractivity contribution in [3.8, 4) is 11.3 Å². The molecule has 116 valence electrons. The van der Waals surface area contributed by atoms with Crippen molar-refractivity contribution < 1.29 is 19.2 Å². The van der Waals surface area contributed by atoms with E-state index >= 15 is 0 Å². The average molecular weight is 302 g/mol. The Labute approximate surface area is 128 Å². The third-order valence-corrected chi connectivity index (χ3v) is 3.25. The zero-order chi connectivity index (χ0) is 15.9. The first-order valence-corrected chi connectivity index (χ1v) is 7.17. The topological polar surface area (TPSA) is 92.4 Å². The number of benzene rings is 1. The van der Waals surface area contributed by atoms with E-state index in [0.717, 1.165) is 18.4 Å². The molecular formula is C16H18N2O4. The Bertz CT molecular complexity index is 637. The summed E-state index contributed by atoms with van der Waals surface area (Å²) in [7, 11) is 0. The molecule has 22 heavy (non-hydrogen) atoms. The summed E-state index contributed by atoms with van der Waals surface area (Å²) in [6.45, 7) is 1.96. The van der Waals surface area contributed by atoms with Crippen molar-refractivity contribution in [2.45, 2.75) is 32.2 Å². The summed E-state index contributed by atoms with van der Waals surface area (Å²) in [5, 5.41) is 15.3. The van der Waals surface area contributed by atoms with E-state index in [1.807, 2.05) is 37.3 Å². The van der Waals surface area contributed by atoms with Crippen molar-refractivity contribution in [3.63, 3.8) is 0 Å². The normalized spacial score (nSPS) is 11.9. The number of aliphatic carboxylic acids is 1. The van der Waals surface area contributed by atoms with Crippen molar-refractivity contribution in [3.05, 3.63) is 42.1 Å². The van der Waals surface area contributed by atoms with E-state index < -0.39 is 17.9 Å². The second-order valence-electron chi connectivity index (χ2n) is 4.95. The Morgan fingerprint density at radius 1 is 1.32 bits per heavy atom. The van der Waals surface area contributed by atoms with Gasteiger partial charge in [0.1, 0.15) is 6.04 Å². The van der Waals surface area contributed by atoms with Gasteiger partial charge >= 0.3 is 5.97 Å². The zero-order valence-electron chi connectivity index (χ0n) is 12.3. The molecule has 0 spiro atoms. The Morgan fingerprint density at radius 3 is 2.68 bits per heavy atom. The molecular weight excluding hydrogens is 284 g/mol. The molecule has 0 aliphatic carbocycles. The van der Waals surface area contributed by atoms with Crippen LogP contribution < -0.4 is 5.32 Å². The SMILES string of the molecule is CCCC[C@H](NC(=O)c1cc(-c2ccccc2)on1)C(=O)O. The third-order valence-electron chi connectivity index (χ3n) is 3.25. The molecule has 6 nitrogen and oxygen atoms in total. The number of hydrogen-bond donors (Lipinski definition) is 2. The fourth-order valence-electron chi connectivity index (χ4n) is 2.02. The van der Waals surface area contributed by atoms with E-state index in [-0.39, 0.29) is 5.69 Å². The standard InChI is InChI=1S/C16H18N2O4/c1-2-3-9-12(16(20)21)17-15(19)13-10-14(22-18-13)11-7-5-4-6-8-11/h4-8,10,12H,2-3,9H2,1H3,(H,17,19)(H,20,21)/t12-/m0/s1. The second kappa shape index (κ2) is 7.40. The van der Waals surface area contributed by atoms with Crippen LogP contribution in [0.2, 0.25) is 0 Å². The number of aromatic nitrogens is 1. The Balaban J connectivity index is 2.06. The average Bonchev–Trinajstić information content (AvgIpc) is 3.02. The fourth-order valence-corrected chi connectivity index (χ4v) is 2.02. The summed E-state index contributed by atoms with van der Waals surface area (Å²) < 4.78 is 5.14. The van der Waals surface area contributed by atoms with Crippen LogP contribution in [-0.2, 0) is 4.79 Å². The van der Waals surface area contributed by atoms with Crippen LogP contribution in [-0.4, -0.2) is 28.2 Å². The predicted octanol–water partition coefficient (Wildman–Crippen LogP) is 2.71. The van der Waals surface area contributed by atoms with Crippen molar-refractivity contribution in [2.75, 3.05) is 0 Å². The molecule has 0 unspecified atom stereocenters. The molecule has 2 aromatic rings. The third kappa shape index (κ3) is 3.94. The minimum Gasteiger partial charge on any atom is -0.480 e. The molecule has 0 fully saturated rings. The molecule has 1 aromatic carbocycles. The summed E-state index contributed by atoms with van der Waals surface area (Å²) in [6.07, 6.45) is 1.98. The highest BCUT2D eigenvalue weighted by Crippen LogP contribution is 2.19. The summed E-state index contributed by atoms with van der Waals surface area (Å²) in [6, 6.07) is 9.84. The van der Waals surface area contributed by atoms with Crippen LogP contribution in [0.3, 0.4) is 0 Å². The Hall–Kier alpha value is -2.63. The molecule has 1 heterocycles. The van der Waals surface area contributed by atoms with E-state index in [2.05, 4.69) is 10.5 Å². The van der Waals surface area contributed by atoms with Gasteiger partial charge in [0.15, 0.2) is 11.5 Å². The van der Waals surface area contributed by atoms with Gasteiger partial charge in [0.05, 0.1) is 0 Å². The number of unbranched alkanes of at least 4 members (excludes halogenated alkanes) is 1. The Morgan fingerprint density at radius 2 is 2.05 bits per heavy atom. The summed E-state index contributed by atoms with van der Waals surface area (Å²) in [4.78, 5) is 23.2. The highest BCUT2D eigenvalue weighted by atomic mass is 16.5. The summed E-state index contributed by atoms with van der Waals surface area (Å²) >= 11 is 0. The van der Waals surface area contributed by atoms with Crippen molar-refractivity contribution in [1.29, 1.82) is 0 Å². The molecule has 1 aromatic heterocycles. The number of amides is 1. The van der Waals surface area contributed by atoms with Crippen LogP contribution in [0.5, 0.6) is 0 Å². The summed E-state index contributed by atoms with van der Waals surface area (Å²) in [5.74, 6) is -1.13. The highest BCUT2D eigenvalue weighted by molar-refractivity contribution is 5.95. The van der Waals surface area contributed by atoms with Gasteiger partial charge in [0, 0.05) is 11.6 Å². The first-order valence-electron chi connectivity index (χ1n) is 7.17. The quantitative estimate of drug-likeness (QED) is 0.820. The minimum absolute atomic E-state index is 0.0709. The Kier molecular flexibility index (Phi) is 5.30.